The Labute approximate surface area is 217 Å². The summed E-state index contributed by atoms with van der Waals surface area (Å²) in [5, 5.41) is 19.1. The average molecular weight is 504 g/mol. The van der Waals surface area contributed by atoms with Crippen LogP contribution < -0.4 is 5.32 Å². The van der Waals surface area contributed by atoms with Crippen molar-refractivity contribution in [1.82, 2.24) is 15.1 Å². The van der Waals surface area contributed by atoms with Gasteiger partial charge in [-0.05, 0) is 24.1 Å². The Kier molecular flexibility index (Phi) is 6.88. The van der Waals surface area contributed by atoms with Gasteiger partial charge in [-0.1, -0.05) is 60.7 Å². The number of hydrogen-bond donors (Lipinski definition) is 2. The first-order valence-corrected chi connectivity index (χ1v) is 13.0. The molecule has 0 spiro atoms. The van der Waals surface area contributed by atoms with Gasteiger partial charge in [0.25, 0.3) is 5.91 Å². The van der Waals surface area contributed by atoms with E-state index >= 15 is 0 Å². The zero-order valence-corrected chi connectivity index (χ0v) is 21.5. The molecular weight excluding hydrogens is 468 g/mol. The predicted octanol–water partition coefficient (Wildman–Crippen LogP) is 2.55. The van der Waals surface area contributed by atoms with Crippen molar-refractivity contribution in [1.29, 1.82) is 0 Å². The number of benzene rings is 2. The van der Waals surface area contributed by atoms with E-state index in [0.717, 1.165) is 42.7 Å². The Balaban J connectivity index is 1.28. The molecule has 6 rings (SSSR count). The molecule has 0 unspecified atom stereocenters. The maximum atomic E-state index is 13.7. The third-order valence-corrected chi connectivity index (χ3v) is 8.08. The number of aliphatic hydroxyl groups is 1. The monoisotopic (exact) mass is 503 g/mol. The van der Waals surface area contributed by atoms with Crippen LogP contribution in [0.15, 0.2) is 66.7 Å². The van der Waals surface area contributed by atoms with E-state index in [-0.39, 0.29) is 17.9 Å². The molecule has 3 saturated heterocycles. The molecule has 1 atom stereocenters. The third kappa shape index (κ3) is 4.91. The number of ether oxygens (including phenoxy) is 1. The summed E-state index contributed by atoms with van der Waals surface area (Å²) in [6.07, 6.45) is 1.65. The van der Waals surface area contributed by atoms with Gasteiger partial charge in [-0.15, -0.1) is 0 Å². The van der Waals surface area contributed by atoms with Crippen molar-refractivity contribution < 1.29 is 23.9 Å². The van der Waals surface area contributed by atoms with Gasteiger partial charge in [0.2, 0.25) is 5.60 Å². The Hall–Kier alpha value is -3.49. The van der Waals surface area contributed by atoms with Crippen LogP contribution in [0.3, 0.4) is 0 Å². The molecule has 2 N–H and O–H groups in total. The van der Waals surface area contributed by atoms with E-state index in [1.165, 1.54) is 0 Å². The molecular formula is C29H35N4O4+. The van der Waals surface area contributed by atoms with Crippen LogP contribution in [0.2, 0.25) is 0 Å². The lowest BCUT2D eigenvalue weighted by Crippen LogP contribution is -2.66. The lowest BCUT2D eigenvalue weighted by Gasteiger charge is -2.52. The Morgan fingerprint density at radius 2 is 1.68 bits per heavy atom. The molecule has 0 radical (unpaired) electrons. The van der Waals surface area contributed by atoms with Crippen LogP contribution in [0, 0.1) is 12.8 Å². The van der Waals surface area contributed by atoms with E-state index in [1.807, 2.05) is 43.3 Å². The number of rotatable bonds is 8. The molecule has 3 fully saturated rings. The predicted molar refractivity (Wildman–Crippen MR) is 138 cm³/mol. The number of hydrogen-bond acceptors (Lipinski definition) is 5. The van der Waals surface area contributed by atoms with E-state index in [1.54, 1.807) is 42.1 Å². The van der Waals surface area contributed by atoms with Crippen molar-refractivity contribution in [2.75, 3.05) is 32.7 Å². The molecule has 1 aromatic heterocycles. The van der Waals surface area contributed by atoms with Crippen molar-refractivity contribution in [3.63, 3.8) is 0 Å². The van der Waals surface area contributed by atoms with Gasteiger partial charge < -0.3 is 19.6 Å². The second-order valence-corrected chi connectivity index (χ2v) is 10.5. The minimum absolute atomic E-state index is 0.132. The zero-order chi connectivity index (χ0) is 26.0. The van der Waals surface area contributed by atoms with Crippen molar-refractivity contribution >= 4 is 11.9 Å². The summed E-state index contributed by atoms with van der Waals surface area (Å²) in [7, 11) is 1.77. The van der Waals surface area contributed by atoms with Crippen molar-refractivity contribution in [3.8, 4) is 0 Å². The number of esters is 1. The molecule has 3 aliphatic heterocycles. The summed E-state index contributed by atoms with van der Waals surface area (Å²) in [5.41, 5.74) is 0.453. The number of quaternary nitrogens is 1. The number of piperidine rings is 3. The van der Waals surface area contributed by atoms with Crippen LogP contribution in [-0.4, -0.2) is 70.1 Å². The van der Waals surface area contributed by atoms with Gasteiger partial charge in [0, 0.05) is 25.8 Å². The van der Waals surface area contributed by atoms with Gasteiger partial charge in [0.05, 0.1) is 31.9 Å². The largest absolute Gasteiger partial charge is 0.453 e. The van der Waals surface area contributed by atoms with Crippen LogP contribution in [0.1, 0.15) is 40.2 Å². The van der Waals surface area contributed by atoms with E-state index in [4.69, 9.17) is 4.74 Å². The van der Waals surface area contributed by atoms with Crippen molar-refractivity contribution in [2.45, 2.75) is 31.5 Å². The summed E-state index contributed by atoms with van der Waals surface area (Å²) >= 11 is 0. The van der Waals surface area contributed by atoms with Crippen molar-refractivity contribution in [2.24, 2.45) is 13.0 Å². The van der Waals surface area contributed by atoms with Gasteiger partial charge in [-0.25, -0.2) is 4.79 Å². The SMILES string of the molecule is Cc1cc(C(=O)NCC[N+]23CCC(CC2)[C@@H](OC(=O)C(O)(c2ccccc2)c2ccccc2)C3)n(C)n1. The number of carbonyl (C=O) groups is 2. The summed E-state index contributed by atoms with van der Waals surface area (Å²) in [6, 6.07) is 19.8. The summed E-state index contributed by atoms with van der Waals surface area (Å²) in [5.74, 6) is -0.486. The van der Waals surface area contributed by atoms with E-state index in [9.17, 15) is 14.7 Å². The van der Waals surface area contributed by atoms with E-state index in [2.05, 4.69) is 10.4 Å². The molecule has 0 aliphatic carbocycles. The van der Waals surface area contributed by atoms with Gasteiger partial charge in [-0.2, -0.15) is 5.10 Å². The number of aryl methyl sites for hydroxylation is 2. The molecule has 2 bridgehead atoms. The molecule has 0 saturated carbocycles. The lowest BCUT2D eigenvalue weighted by atomic mass is 9.82. The minimum Gasteiger partial charge on any atom is -0.453 e. The van der Waals surface area contributed by atoms with Crippen LogP contribution >= 0.6 is 0 Å². The summed E-state index contributed by atoms with van der Waals surface area (Å²) < 4.78 is 8.53. The highest BCUT2D eigenvalue weighted by Crippen LogP contribution is 2.38. The number of amides is 1. The Bertz CT molecular complexity index is 1210. The molecule has 2 aromatic carbocycles. The highest BCUT2D eigenvalue weighted by atomic mass is 16.6. The van der Waals surface area contributed by atoms with Crippen LogP contribution in [0.4, 0.5) is 0 Å². The van der Waals surface area contributed by atoms with Crippen molar-refractivity contribution in [3.05, 3.63) is 89.2 Å². The standard InChI is InChI=1S/C29H34N4O4/c1-21-19-25(32(2)31-21)27(34)30-15-18-33-16-13-22(14-17-33)26(20-33)37-28(35)29(36,23-9-5-3-6-10-23)24-11-7-4-8-12-24/h3-12,19,22,26,36H,13-18,20H2,1-2H3/p+1/t22?,26-,33?/m0/s1. The molecule has 4 heterocycles. The molecule has 3 aliphatic rings. The smallest absolute Gasteiger partial charge is 0.348 e. The first-order chi connectivity index (χ1) is 17.8. The van der Waals surface area contributed by atoms with Crippen LogP contribution in [0.25, 0.3) is 0 Å². The molecule has 194 valence electrons. The lowest BCUT2D eigenvalue weighted by molar-refractivity contribution is -0.945. The maximum Gasteiger partial charge on any atom is 0.348 e. The molecule has 1 amide bonds. The third-order valence-electron chi connectivity index (χ3n) is 8.08. The number of nitrogens with zero attached hydrogens (tertiary/aromatic N) is 3. The Morgan fingerprint density at radius 3 is 2.22 bits per heavy atom. The average Bonchev–Trinajstić information content (AvgIpc) is 3.27. The maximum absolute atomic E-state index is 13.7. The first kappa shape index (κ1) is 25.2. The number of carbonyl (C=O) groups excluding carboxylic acids is 2. The molecule has 37 heavy (non-hydrogen) atoms. The number of aromatic nitrogens is 2. The fraction of sp³-hybridized carbons (Fsp3) is 0.414. The fourth-order valence-corrected chi connectivity index (χ4v) is 5.97. The second kappa shape index (κ2) is 10.1. The van der Waals surface area contributed by atoms with Gasteiger partial charge in [-0.3, -0.25) is 9.48 Å². The fourth-order valence-electron chi connectivity index (χ4n) is 5.97. The quantitative estimate of drug-likeness (QED) is 0.364. The Morgan fingerprint density at radius 1 is 1.08 bits per heavy atom. The first-order valence-electron chi connectivity index (χ1n) is 13.0. The normalized spacial score (nSPS) is 23.0. The summed E-state index contributed by atoms with van der Waals surface area (Å²) in [4.78, 5) is 26.3. The van der Waals surface area contributed by atoms with Crippen LogP contribution in [-0.2, 0) is 22.2 Å². The number of nitrogens with one attached hydrogen (secondary N) is 1. The number of fused-ring (bicyclic) bond motifs is 3. The zero-order valence-electron chi connectivity index (χ0n) is 21.5. The van der Waals surface area contributed by atoms with Gasteiger partial charge in [0.1, 0.15) is 12.2 Å². The summed E-state index contributed by atoms with van der Waals surface area (Å²) in [6.45, 7) is 5.86. The molecule has 3 aromatic rings. The van der Waals surface area contributed by atoms with Gasteiger partial charge >= 0.3 is 5.97 Å². The van der Waals surface area contributed by atoms with E-state index < -0.39 is 11.6 Å². The van der Waals surface area contributed by atoms with Gasteiger partial charge in [0.15, 0.2) is 6.10 Å². The highest BCUT2D eigenvalue weighted by Gasteiger charge is 2.50. The second-order valence-electron chi connectivity index (χ2n) is 10.5. The topological polar surface area (TPSA) is 93.5 Å². The van der Waals surface area contributed by atoms with E-state index in [0.29, 0.717) is 29.9 Å². The highest BCUT2D eigenvalue weighted by molar-refractivity contribution is 5.92. The minimum atomic E-state index is -1.88. The molecule has 8 nitrogen and oxygen atoms in total. The molecule has 8 heteroatoms. The van der Waals surface area contributed by atoms with Crippen LogP contribution in [0.5, 0.6) is 0 Å².